The van der Waals surface area contributed by atoms with Gasteiger partial charge in [-0.05, 0) is 38.1 Å². The Labute approximate surface area is 111 Å². The van der Waals surface area contributed by atoms with Crippen molar-refractivity contribution >= 4 is 5.91 Å². The normalized spacial score (nSPS) is 33.9. The summed E-state index contributed by atoms with van der Waals surface area (Å²) < 4.78 is 0. The van der Waals surface area contributed by atoms with Crippen molar-refractivity contribution in [1.29, 1.82) is 0 Å². The van der Waals surface area contributed by atoms with Crippen molar-refractivity contribution in [2.75, 3.05) is 13.1 Å². The van der Waals surface area contributed by atoms with Crippen LogP contribution in [-0.2, 0) is 4.79 Å². The average molecular weight is 252 g/mol. The average Bonchev–Trinajstić information content (AvgIpc) is 2.24. The number of likely N-dealkylation sites (tertiary alicyclic amines) is 1. The molecule has 2 rings (SSSR count). The van der Waals surface area contributed by atoms with E-state index in [9.17, 15) is 4.79 Å². The van der Waals surface area contributed by atoms with Crippen LogP contribution in [0.1, 0.15) is 53.4 Å². The molecule has 0 aromatic rings. The van der Waals surface area contributed by atoms with Gasteiger partial charge in [0.25, 0.3) is 0 Å². The highest BCUT2D eigenvalue weighted by Gasteiger charge is 2.34. The quantitative estimate of drug-likeness (QED) is 0.818. The molecule has 2 fully saturated rings. The second-order valence-electron chi connectivity index (χ2n) is 7.29. The number of piperidine rings is 1. The van der Waals surface area contributed by atoms with E-state index in [2.05, 4.69) is 17.1 Å². The SMILES string of the molecule is CC1CC(N2CCCC(NC(=O)C(C)(C)C)C2)C1. The number of nitrogens with zero attached hydrogens (tertiary/aromatic N) is 1. The molecule has 3 heteroatoms. The van der Waals surface area contributed by atoms with Crippen LogP contribution in [0.4, 0.5) is 0 Å². The van der Waals surface area contributed by atoms with Crippen molar-refractivity contribution in [3.05, 3.63) is 0 Å². The Morgan fingerprint density at radius 3 is 2.50 bits per heavy atom. The van der Waals surface area contributed by atoms with Gasteiger partial charge >= 0.3 is 0 Å². The van der Waals surface area contributed by atoms with E-state index < -0.39 is 0 Å². The highest BCUT2D eigenvalue weighted by molar-refractivity contribution is 5.81. The van der Waals surface area contributed by atoms with Gasteiger partial charge in [0.2, 0.25) is 5.91 Å². The van der Waals surface area contributed by atoms with E-state index >= 15 is 0 Å². The maximum Gasteiger partial charge on any atom is 0.225 e. The van der Waals surface area contributed by atoms with Gasteiger partial charge in [-0.1, -0.05) is 27.7 Å². The fourth-order valence-corrected chi connectivity index (χ4v) is 3.02. The lowest BCUT2D eigenvalue weighted by Gasteiger charge is -2.45. The van der Waals surface area contributed by atoms with Gasteiger partial charge in [-0.3, -0.25) is 9.69 Å². The summed E-state index contributed by atoms with van der Waals surface area (Å²) in [6, 6.07) is 1.15. The van der Waals surface area contributed by atoms with Crippen LogP contribution in [0, 0.1) is 11.3 Å². The molecule has 1 amide bonds. The van der Waals surface area contributed by atoms with E-state index in [1.165, 1.54) is 25.8 Å². The molecule has 1 aliphatic carbocycles. The molecule has 18 heavy (non-hydrogen) atoms. The molecule has 1 saturated heterocycles. The molecule has 0 aromatic carbocycles. The lowest BCUT2D eigenvalue weighted by Crippen LogP contribution is -2.55. The smallest absolute Gasteiger partial charge is 0.225 e. The summed E-state index contributed by atoms with van der Waals surface area (Å²) >= 11 is 0. The lowest BCUT2D eigenvalue weighted by molar-refractivity contribution is -0.129. The van der Waals surface area contributed by atoms with Crippen molar-refractivity contribution in [2.45, 2.75) is 65.5 Å². The van der Waals surface area contributed by atoms with Crippen LogP contribution in [-0.4, -0.2) is 36.0 Å². The Morgan fingerprint density at radius 2 is 1.94 bits per heavy atom. The molecule has 1 N–H and O–H groups in total. The zero-order valence-corrected chi connectivity index (χ0v) is 12.3. The second kappa shape index (κ2) is 5.20. The third kappa shape index (κ3) is 3.25. The van der Waals surface area contributed by atoms with E-state index in [0.717, 1.165) is 24.9 Å². The van der Waals surface area contributed by atoms with E-state index in [4.69, 9.17) is 0 Å². The molecule has 1 heterocycles. The van der Waals surface area contributed by atoms with Crippen molar-refractivity contribution in [2.24, 2.45) is 11.3 Å². The Bertz CT molecular complexity index is 302. The molecule has 1 unspecified atom stereocenters. The van der Waals surface area contributed by atoms with Gasteiger partial charge in [0.15, 0.2) is 0 Å². The first-order valence-corrected chi connectivity index (χ1v) is 7.41. The molecule has 0 radical (unpaired) electrons. The first kappa shape index (κ1) is 13.9. The van der Waals surface area contributed by atoms with Gasteiger partial charge in [0.1, 0.15) is 0 Å². The summed E-state index contributed by atoms with van der Waals surface area (Å²) in [5, 5.41) is 3.22. The van der Waals surface area contributed by atoms with Crippen molar-refractivity contribution in [1.82, 2.24) is 10.2 Å². The van der Waals surface area contributed by atoms with Crippen molar-refractivity contribution < 1.29 is 4.79 Å². The summed E-state index contributed by atoms with van der Waals surface area (Å²) in [7, 11) is 0. The van der Waals surface area contributed by atoms with Crippen LogP contribution in [0.2, 0.25) is 0 Å². The van der Waals surface area contributed by atoms with E-state index in [1.54, 1.807) is 0 Å². The highest BCUT2D eigenvalue weighted by atomic mass is 16.2. The minimum Gasteiger partial charge on any atom is -0.352 e. The zero-order valence-electron chi connectivity index (χ0n) is 12.3. The standard InChI is InChI=1S/C15H28N2O/c1-11-8-13(9-11)17-7-5-6-12(10-17)16-14(18)15(2,3)4/h11-13H,5-10H2,1-4H3,(H,16,18). The van der Waals surface area contributed by atoms with Gasteiger partial charge in [-0.15, -0.1) is 0 Å². The minimum absolute atomic E-state index is 0.191. The molecule has 1 atom stereocenters. The monoisotopic (exact) mass is 252 g/mol. The second-order valence-corrected chi connectivity index (χ2v) is 7.29. The molecule has 1 aliphatic heterocycles. The summed E-state index contributed by atoms with van der Waals surface area (Å²) in [6.07, 6.45) is 5.06. The zero-order chi connectivity index (χ0) is 13.3. The Balaban J connectivity index is 1.82. The number of rotatable bonds is 2. The summed E-state index contributed by atoms with van der Waals surface area (Å²) in [6.45, 7) is 10.6. The molecule has 0 bridgehead atoms. The number of hydrogen-bond acceptors (Lipinski definition) is 2. The molecule has 2 aliphatic rings. The highest BCUT2D eigenvalue weighted by Crippen LogP contribution is 2.32. The van der Waals surface area contributed by atoms with Gasteiger partial charge in [0, 0.05) is 24.0 Å². The van der Waals surface area contributed by atoms with E-state index in [1.807, 2.05) is 20.8 Å². The van der Waals surface area contributed by atoms with Crippen LogP contribution in [0.25, 0.3) is 0 Å². The van der Waals surface area contributed by atoms with Gasteiger partial charge < -0.3 is 5.32 Å². The Hall–Kier alpha value is -0.570. The Morgan fingerprint density at radius 1 is 1.28 bits per heavy atom. The largest absolute Gasteiger partial charge is 0.352 e. The third-order valence-corrected chi connectivity index (χ3v) is 4.33. The molecule has 104 valence electrons. The van der Waals surface area contributed by atoms with Crippen molar-refractivity contribution in [3.63, 3.8) is 0 Å². The summed E-state index contributed by atoms with van der Waals surface area (Å²) in [5.74, 6) is 1.09. The summed E-state index contributed by atoms with van der Waals surface area (Å²) in [5.41, 5.74) is -0.271. The molecule has 0 aromatic heterocycles. The number of carbonyl (C=O) groups is 1. The van der Waals surface area contributed by atoms with Crippen LogP contribution in [0.5, 0.6) is 0 Å². The van der Waals surface area contributed by atoms with E-state index in [-0.39, 0.29) is 11.3 Å². The number of nitrogens with one attached hydrogen (secondary N) is 1. The predicted octanol–water partition coefficient (Wildman–Crippen LogP) is 2.41. The van der Waals surface area contributed by atoms with Crippen LogP contribution in [0.3, 0.4) is 0 Å². The first-order chi connectivity index (χ1) is 8.36. The van der Waals surface area contributed by atoms with Crippen LogP contribution in [0.15, 0.2) is 0 Å². The maximum absolute atomic E-state index is 12.0. The molecule has 3 nitrogen and oxygen atoms in total. The first-order valence-electron chi connectivity index (χ1n) is 7.41. The van der Waals surface area contributed by atoms with Crippen LogP contribution < -0.4 is 5.32 Å². The maximum atomic E-state index is 12.0. The fourth-order valence-electron chi connectivity index (χ4n) is 3.02. The van der Waals surface area contributed by atoms with Crippen molar-refractivity contribution in [3.8, 4) is 0 Å². The topological polar surface area (TPSA) is 32.3 Å². The van der Waals surface area contributed by atoms with Gasteiger partial charge in [0.05, 0.1) is 0 Å². The number of hydrogen-bond donors (Lipinski definition) is 1. The number of carbonyl (C=O) groups excluding carboxylic acids is 1. The number of amides is 1. The molecule has 1 saturated carbocycles. The predicted molar refractivity (Wildman–Crippen MR) is 74.4 cm³/mol. The van der Waals surface area contributed by atoms with Crippen LogP contribution >= 0.6 is 0 Å². The summed E-state index contributed by atoms with van der Waals surface area (Å²) in [4.78, 5) is 14.6. The minimum atomic E-state index is -0.271. The Kier molecular flexibility index (Phi) is 4.00. The van der Waals surface area contributed by atoms with Gasteiger partial charge in [-0.25, -0.2) is 0 Å². The molecular weight excluding hydrogens is 224 g/mol. The molecule has 0 spiro atoms. The lowest BCUT2D eigenvalue weighted by atomic mass is 9.80. The van der Waals surface area contributed by atoms with E-state index in [0.29, 0.717) is 6.04 Å². The third-order valence-electron chi connectivity index (χ3n) is 4.33. The fraction of sp³-hybridized carbons (Fsp3) is 0.933. The molecular formula is C15H28N2O. The van der Waals surface area contributed by atoms with Gasteiger partial charge in [-0.2, -0.15) is 0 Å².